The molecule has 0 radical (unpaired) electrons. The van der Waals surface area contributed by atoms with Gasteiger partial charge in [-0.2, -0.15) is 0 Å². The van der Waals surface area contributed by atoms with Gasteiger partial charge in [-0.3, -0.25) is 4.79 Å². The Morgan fingerprint density at radius 1 is 1.50 bits per heavy atom. The predicted octanol–water partition coefficient (Wildman–Crippen LogP) is 1.95. The summed E-state index contributed by atoms with van der Waals surface area (Å²) in [6.07, 6.45) is 2.01. The Balaban J connectivity index is 2.05. The van der Waals surface area contributed by atoms with Gasteiger partial charge in [0.05, 0.1) is 6.54 Å². The Labute approximate surface area is 117 Å². The maximum Gasteiger partial charge on any atom is 0.270 e. The maximum absolute atomic E-state index is 12.5. The highest BCUT2D eigenvalue weighted by molar-refractivity contribution is 5.92. The Hall–Kier alpha value is -1.43. The number of nitrogens with zero attached hydrogens (tertiary/aromatic N) is 2. The van der Waals surface area contributed by atoms with Gasteiger partial charge in [0.1, 0.15) is 5.69 Å². The van der Waals surface area contributed by atoms with Crippen molar-refractivity contribution in [2.24, 2.45) is 11.7 Å². The van der Waals surface area contributed by atoms with Crippen LogP contribution in [-0.4, -0.2) is 41.4 Å². The average Bonchev–Trinajstić information content (AvgIpc) is 2.86. The zero-order chi connectivity index (χ0) is 14.5. The third-order valence-corrected chi connectivity index (χ3v) is 3.76. The van der Waals surface area contributed by atoms with E-state index in [1.165, 1.54) is 10.8 Å². The van der Waals surface area contributed by atoms with E-state index in [4.69, 9.17) is 5.73 Å². The van der Waals surface area contributed by atoms with Crippen molar-refractivity contribution < 1.29 is 13.6 Å². The molecule has 1 unspecified atom stereocenters. The van der Waals surface area contributed by atoms with Crippen molar-refractivity contribution in [3.8, 4) is 0 Å². The molecule has 0 spiro atoms. The fourth-order valence-electron chi connectivity index (χ4n) is 2.80. The second-order valence-corrected chi connectivity index (χ2v) is 5.27. The van der Waals surface area contributed by atoms with Crippen LogP contribution in [0.2, 0.25) is 0 Å². The van der Waals surface area contributed by atoms with Crippen LogP contribution in [0.1, 0.15) is 29.8 Å². The second-order valence-electron chi connectivity index (χ2n) is 5.27. The third kappa shape index (κ3) is 3.56. The Kier molecular flexibility index (Phi) is 5.11. The first-order valence-corrected chi connectivity index (χ1v) is 7.04. The monoisotopic (exact) mass is 285 g/mol. The molecule has 2 N–H and O–H groups in total. The topological polar surface area (TPSA) is 51.3 Å². The summed E-state index contributed by atoms with van der Waals surface area (Å²) < 4.78 is 26.3. The largest absolute Gasteiger partial charge is 0.338 e. The number of hydrogen-bond acceptors (Lipinski definition) is 2. The van der Waals surface area contributed by atoms with E-state index < -0.39 is 13.0 Å². The van der Waals surface area contributed by atoms with Gasteiger partial charge in [-0.15, -0.1) is 0 Å². The standard InChI is InChI=1S/C14H21F2N3O/c15-13(16)10-18-7-2-4-12(18)14(20)19-8-1-3-11(9-19)5-6-17/h2,4,7,11,13H,1,3,5-6,8-10,17H2. The van der Waals surface area contributed by atoms with Gasteiger partial charge in [0, 0.05) is 19.3 Å². The normalized spacial score (nSPS) is 19.6. The molecule has 2 rings (SSSR count). The number of carbonyl (C=O) groups is 1. The summed E-state index contributed by atoms with van der Waals surface area (Å²) in [5.41, 5.74) is 5.91. The molecule has 1 aliphatic rings. The lowest BCUT2D eigenvalue weighted by Crippen LogP contribution is -2.41. The fraction of sp³-hybridized carbons (Fsp3) is 0.643. The van der Waals surface area contributed by atoms with Crippen molar-refractivity contribution in [2.75, 3.05) is 19.6 Å². The minimum absolute atomic E-state index is 0.155. The number of carbonyl (C=O) groups excluding carboxylic acids is 1. The number of hydrogen-bond donors (Lipinski definition) is 1. The molecule has 112 valence electrons. The quantitative estimate of drug-likeness (QED) is 0.899. The van der Waals surface area contributed by atoms with Crippen LogP contribution in [0.3, 0.4) is 0 Å². The van der Waals surface area contributed by atoms with E-state index >= 15 is 0 Å². The summed E-state index contributed by atoms with van der Waals surface area (Å²) >= 11 is 0. The average molecular weight is 285 g/mol. The Morgan fingerprint density at radius 3 is 3.00 bits per heavy atom. The molecule has 0 bridgehead atoms. The van der Waals surface area contributed by atoms with Gasteiger partial charge in [0.2, 0.25) is 0 Å². The van der Waals surface area contributed by atoms with Gasteiger partial charge >= 0.3 is 0 Å². The molecule has 1 amide bonds. The molecule has 2 heterocycles. The highest BCUT2D eigenvalue weighted by atomic mass is 19.3. The number of rotatable bonds is 5. The van der Waals surface area contributed by atoms with Gasteiger partial charge in [0.15, 0.2) is 0 Å². The lowest BCUT2D eigenvalue weighted by atomic mass is 9.94. The third-order valence-electron chi connectivity index (χ3n) is 3.76. The fourth-order valence-corrected chi connectivity index (χ4v) is 2.80. The van der Waals surface area contributed by atoms with Crippen molar-refractivity contribution in [3.63, 3.8) is 0 Å². The minimum Gasteiger partial charge on any atom is -0.338 e. The van der Waals surface area contributed by atoms with Crippen LogP contribution >= 0.6 is 0 Å². The first kappa shape index (κ1) is 15.0. The second kappa shape index (κ2) is 6.83. The summed E-state index contributed by atoms with van der Waals surface area (Å²) in [5.74, 6) is 0.272. The molecule has 20 heavy (non-hydrogen) atoms. The van der Waals surface area contributed by atoms with E-state index in [9.17, 15) is 13.6 Å². The molecule has 0 aliphatic carbocycles. The van der Waals surface area contributed by atoms with E-state index in [0.29, 0.717) is 31.2 Å². The van der Waals surface area contributed by atoms with Gasteiger partial charge < -0.3 is 15.2 Å². The summed E-state index contributed by atoms with van der Waals surface area (Å²) in [7, 11) is 0. The van der Waals surface area contributed by atoms with Crippen LogP contribution in [0.4, 0.5) is 8.78 Å². The SMILES string of the molecule is NCCC1CCCN(C(=O)c2cccn2CC(F)F)C1. The Bertz CT molecular complexity index is 445. The highest BCUT2D eigenvalue weighted by Crippen LogP contribution is 2.21. The molecule has 4 nitrogen and oxygen atoms in total. The molecule has 0 aromatic carbocycles. The summed E-state index contributed by atoms with van der Waals surface area (Å²) in [4.78, 5) is 14.2. The Morgan fingerprint density at radius 2 is 2.30 bits per heavy atom. The van der Waals surface area contributed by atoms with Crippen LogP contribution in [0.25, 0.3) is 0 Å². The van der Waals surface area contributed by atoms with Crippen molar-refractivity contribution in [1.29, 1.82) is 0 Å². The first-order chi connectivity index (χ1) is 9.61. The molecule has 1 aromatic rings. The number of halogens is 2. The number of amides is 1. The molecule has 1 atom stereocenters. The molecular formula is C14H21F2N3O. The molecule has 1 fully saturated rings. The number of piperidine rings is 1. The molecule has 1 aliphatic heterocycles. The van der Waals surface area contributed by atoms with Gasteiger partial charge in [-0.1, -0.05) is 0 Å². The number of aromatic nitrogens is 1. The van der Waals surface area contributed by atoms with Crippen molar-refractivity contribution >= 4 is 5.91 Å². The number of likely N-dealkylation sites (tertiary alicyclic amines) is 1. The lowest BCUT2D eigenvalue weighted by Gasteiger charge is -2.32. The summed E-state index contributed by atoms with van der Waals surface area (Å²) in [6.45, 7) is 1.55. The molecule has 6 heteroatoms. The zero-order valence-corrected chi connectivity index (χ0v) is 11.5. The van der Waals surface area contributed by atoms with Crippen LogP contribution in [0.15, 0.2) is 18.3 Å². The minimum atomic E-state index is -2.46. The first-order valence-electron chi connectivity index (χ1n) is 7.04. The van der Waals surface area contributed by atoms with Crippen molar-refractivity contribution in [1.82, 2.24) is 9.47 Å². The molecule has 1 aromatic heterocycles. The smallest absolute Gasteiger partial charge is 0.270 e. The van der Waals surface area contributed by atoms with Gasteiger partial charge in [-0.25, -0.2) is 8.78 Å². The van der Waals surface area contributed by atoms with Crippen LogP contribution in [0, 0.1) is 5.92 Å². The van der Waals surface area contributed by atoms with Crippen molar-refractivity contribution in [2.45, 2.75) is 32.2 Å². The van der Waals surface area contributed by atoms with E-state index in [0.717, 1.165) is 19.3 Å². The van der Waals surface area contributed by atoms with Gasteiger partial charge in [-0.05, 0) is 43.9 Å². The maximum atomic E-state index is 12.5. The van der Waals surface area contributed by atoms with E-state index in [1.54, 1.807) is 17.0 Å². The van der Waals surface area contributed by atoms with Crippen molar-refractivity contribution in [3.05, 3.63) is 24.0 Å². The number of nitrogens with two attached hydrogens (primary N) is 1. The lowest BCUT2D eigenvalue weighted by molar-refractivity contribution is 0.0650. The van der Waals surface area contributed by atoms with Gasteiger partial charge in [0.25, 0.3) is 12.3 Å². The van der Waals surface area contributed by atoms with E-state index in [1.807, 2.05) is 0 Å². The molecule has 0 saturated carbocycles. The summed E-state index contributed by atoms with van der Waals surface area (Å²) in [5, 5.41) is 0. The molecular weight excluding hydrogens is 264 g/mol. The van der Waals surface area contributed by atoms with Crippen LogP contribution < -0.4 is 5.73 Å². The van der Waals surface area contributed by atoms with E-state index in [-0.39, 0.29) is 5.91 Å². The van der Waals surface area contributed by atoms with Crippen LogP contribution in [-0.2, 0) is 6.54 Å². The van der Waals surface area contributed by atoms with E-state index in [2.05, 4.69) is 0 Å². The zero-order valence-electron chi connectivity index (χ0n) is 11.5. The predicted molar refractivity (Wildman–Crippen MR) is 72.7 cm³/mol. The van der Waals surface area contributed by atoms with Crippen LogP contribution in [0.5, 0.6) is 0 Å². The highest BCUT2D eigenvalue weighted by Gasteiger charge is 2.25. The number of alkyl halides is 2. The molecule has 1 saturated heterocycles. The summed E-state index contributed by atoms with van der Waals surface area (Å²) in [6, 6.07) is 3.24.